The van der Waals surface area contributed by atoms with Gasteiger partial charge in [0.25, 0.3) is 0 Å². The van der Waals surface area contributed by atoms with Gasteiger partial charge in [0, 0.05) is 31.1 Å². The average Bonchev–Trinajstić information content (AvgIpc) is 3.33. The summed E-state index contributed by atoms with van der Waals surface area (Å²) in [6.07, 6.45) is 8.86. The Kier molecular flexibility index (Phi) is 6.43. The second-order valence-electron chi connectivity index (χ2n) is 14.0. The van der Waals surface area contributed by atoms with E-state index in [0.717, 1.165) is 12.8 Å². The molecule has 1 heterocycles. The summed E-state index contributed by atoms with van der Waals surface area (Å²) in [5.74, 6) is 1.25. The van der Waals surface area contributed by atoms with E-state index in [1.165, 1.54) is 38.2 Å². The van der Waals surface area contributed by atoms with Gasteiger partial charge in [-0.15, -0.1) is 0 Å². The predicted octanol–water partition coefficient (Wildman–Crippen LogP) is 5.87. The number of carbonyl (C=O) groups excluding carboxylic acids is 1. The second-order valence-corrected chi connectivity index (χ2v) is 16.4. The molecule has 0 amide bonds. The fourth-order valence-corrected chi connectivity index (χ4v) is 10.7. The molecule has 5 nitrogen and oxygen atoms in total. The molecule has 8 atom stereocenters. The quantitative estimate of drug-likeness (QED) is 0.273. The van der Waals surface area contributed by atoms with E-state index in [-0.39, 0.29) is 23.6 Å². The van der Waals surface area contributed by atoms with E-state index in [4.69, 9.17) is 18.6 Å². The monoisotopic (exact) mass is 504 g/mol. The third kappa shape index (κ3) is 4.00. The molecule has 3 saturated carbocycles. The largest absolute Gasteiger partial charge is 0.462 e. The number of hydrogen-bond donors (Lipinski definition) is 0. The van der Waals surface area contributed by atoms with Crippen molar-refractivity contribution in [2.24, 2.45) is 39.9 Å². The van der Waals surface area contributed by atoms with E-state index in [0.29, 0.717) is 47.7 Å². The third-order valence-corrected chi connectivity index (χ3v) is 11.6. The number of hydrogen-bond acceptors (Lipinski definition) is 5. The maximum absolute atomic E-state index is 11.9. The Balaban J connectivity index is 1.61. The Morgan fingerprint density at radius 2 is 1.77 bits per heavy atom. The summed E-state index contributed by atoms with van der Waals surface area (Å²) in [6.45, 7) is 19.7. The Morgan fingerprint density at radius 3 is 2.37 bits per heavy atom. The molecule has 6 heteroatoms. The summed E-state index contributed by atoms with van der Waals surface area (Å²) in [4.78, 5) is 11.9. The van der Waals surface area contributed by atoms with Gasteiger partial charge in [0.2, 0.25) is 0 Å². The molecule has 4 fully saturated rings. The van der Waals surface area contributed by atoms with Crippen LogP contribution in [0.1, 0.15) is 80.1 Å². The SMILES string of the molecule is CC(=O)OC1CC2=CC3(OCCO3)[C@H]3[C@@H]4CC[C@H](C(C)(C)C)[C@@]4(C)CC[C@@H]3[C@@]2(C)C(O[SiH](C)C)C1. The molecule has 4 aliphatic carbocycles. The molecule has 198 valence electrons. The van der Waals surface area contributed by atoms with Crippen LogP contribution in [0.25, 0.3) is 0 Å². The zero-order chi connectivity index (χ0) is 25.4. The molecular weight excluding hydrogens is 456 g/mol. The predicted molar refractivity (Wildman–Crippen MR) is 139 cm³/mol. The van der Waals surface area contributed by atoms with Gasteiger partial charge in [0.1, 0.15) is 6.10 Å². The van der Waals surface area contributed by atoms with Gasteiger partial charge in [-0.1, -0.05) is 40.2 Å². The molecule has 1 saturated heterocycles. The molecule has 1 spiro atoms. The van der Waals surface area contributed by atoms with Crippen molar-refractivity contribution in [3.8, 4) is 0 Å². The third-order valence-electron chi connectivity index (χ3n) is 10.7. The van der Waals surface area contributed by atoms with Crippen LogP contribution in [-0.2, 0) is 23.4 Å². The molecule has 0 N–H and O–H groups in total. The minimum atomic E-state index is -1.30. The molecule has 0 aromatic rings. The van der Waals surface area contributed by atoms with Crippen molar-refractivity contribution in [1.82, 2.24) is 0 Å². The summed E-state index contributed by atoms with van der Waals surface area (Å²) in [5.41, 5.74) is 1.88. The van der Waals surface area contributed by atoms with Gasteiger partial charge in [-0.25, -0.2) is 0 Å². The number of esters is 1. The topological polar surface area (TPSA) is 54.0 Å². The van der Waals surface area contributed by atoms with Crippen molar-refractivity contribution in [2.45, 2.75) is 111 Å². The average molecular weight is 505 g/mol. The lowest BCUT2D eigenvalue weighted by molar-refractivity contribution is -0.241. The summed E-state index contributed by atoms with van der Waals surface area (Å²) in [7, 11) is -1.30. The number of ether oxygens (including phenoxy) is 3. The van der Waals surface area contributed by atoms with Crippen LogP contribution in [0.4, 0.5) is 0 Å². The Morgan fingerprint density at radius 1 is 1.09 bits per heavy atom. The Bertz CT molecular complexity index is 871. The van der Waals surface area contributed by atoms with E-state index >= 15 is 0 Å². The second kappa shape index (κ2) is 8.67. The lowest BCUT2D eigenvalue weighted by Gasteiger charge is -2.64. The van der Waals surface area contributed by atoms with Crippen molar-refractivity contribution in [3.05, 3.63) is 11.6 Å². The Labute approximate surface area is 214 Å². The lowest BCUT2D eigenvalue weighted by Crippen LogP contribution is -2.64. The lowest BCUT2D eigenvalue weighted by atomic mass is 9.44. The fourth-order valence-electron chi connectivity index (χ4n) is 9.63. The van der Waals surface area contributed by atoms with Gasteiger partial charge in [-0.2, -0.15) is 0 Å². The molecule has 5 rings (SSSR count). The molecule has 2 unspecified atom stereocenters. The van der Waals surface area contributed by atoms with E-state index in [9.17, 15) is 4.79 Å². The van der Waals surface area contributed by atoms with Gasteiger partial charge in [0.15, 0.2) is 14.8 Å². The van der Waals surface area contributed by atoms with Crippen molar-refractivity contribution in [3.63, 3.8) is 0 Å². The standard InChI is InChI=1S/C29H48O5Si/c1-18(30)33-20-15-19-17-29(31-13-14-32-29)25-21-9-10-23(26(2,3)4)27(21,5)12-11-22(25)28(19,6)24(16-20)34-35(7)8/h17,20-25,35H,9-16H2,1-8H3/t20?,21-,22-,23+,24?,25-,27-,28-/m0/s1. The summed E-state index contributed by atoms with van der Waals surface area (Å²) >= 11 is 0. The zero-order valence-corrected chi connectivity index (χ0v) is 24.5. The van der Waals surface area contributed by atoms with E-state index in [1.807, 2.05) is 0 Å². The van der Waals surface area contributed by atoms with Crippen LogP contribution in [0.2, 0.25) is 13.1 Å². The Hall–Kier alpha value is -0.693. The van der Waals surface area contributed by atoms with Crippen LogP contribution < -0.4 is 0 Å². The minimum absolute atomic E-state index is 0.0692. The van der Waals surface area contributed by atoms with Crippen molar-refractivity contribution >= 4 is 15.0 Å². The first-order valence-corrected chi connectivity index (χ1v) is 16.9. The molecular formula is C29H48O5Si. The van der Waals surface area contributed by atoms with Crippen LogP contribution in [0.3, 0.4) is 0 Å². The molecule has 5 aliphatic rings. The van der Waals surface area contributed by atoms with E-state index in [2.05, 4.69) is 53.8 Å². The normalized spacial score (nSPS) is 44.5. The molecule has 35 heavy (non-hydrogen) atoms. The van der Waals surface area contributed by atoms with Crippen LogP contribution >= 0.6 is 0 Å². The van der Waals surface area contributed by atoms with Crippen molar-refractivity contribution in [2.75, 3.05) is 13.2 Å². The van der Waals surface area contributed by atoms with Gasteiger partial charge in [-0.05, 0) is 73.4 Å². The highest BCUT2D eigenvalue weighted by molar-refractivity contribution is 6.48. The maximum Gasteiger partial charge on any atom is 0.302 e. The van der Waals surface area contributed by atoms with Gasteiger partial charge < -0.3 is 18.6 Å². The highest BCUT2D eigenvalue weighted by Crippen LogP contribution is 2.71. The van der Waals surface area contributed by atoms with E-state index < -0.39 is 14.8 Å². The first-order chi connectivity index (χ1) is 16.3. The van der Waals surface area contributed by atoms with Crippen LogP contribution in [-0.4, -0.2) is 46.2 Å². The van der Waals surface area contributed by atoms with Gasteiger partial charge >= 0.3 is 5.97 Å². The van der Waals surface area contributed by atoms with Crippen LogP contribution in [0, 0.1) is 39.9 Å². The van der Waals surface area contributed by atoms with Crippen LogP contribution in [0.5, 0.6) is 0 Å². The van der Waals surface area contributed by atoms with Crippen molar-refractivity contribution < 1.29 is 23.4 Å². The first-order valence-electron chi connectivity index (χ1n) is 14.1. The molecule has 0 radical (unpaired) electrons. The molecule has 0 aromatic heterocycles. The van der Waals surface area contributed by atoms with E-state index in [1.54, 1.807) is 0 Å². The summed E-state index contributed by atoms with van der Waals surface area (Å²) in [6, 6.07) is 0. The van der Waals surface area contributed by atoms with Crippen LogP contribution in [0.15, 0.2) is 11.6 Å². The minimum Gasteiger partial charge on any atom is -0.462 e. The summed E-state index contributed by atoms with van der Waals surface area (Å²) < 4.78 is 25.8. The molecule has 0 aromatic carbocycles. The van der Waals surface area contributed by atoms with Gasteiger partial charge in [0.05, 0.1) is 19.3 Å². The fraction of sp³-hybridized carbons (Fsp3) is 0.897. The zero-order valence-electron chi connectivity index (χ0n) is 23.3. The molecule has 1 aliphatic heterocycles. The molecule has 0 bridgehead atoms. The van der Waals surface area contributed by atoms with Gasteiger partial charge in [-0.3, -0.25) is 4.79 Å². The highest BCUT2D eigenvalue weighted by Gasteiger charge is 2.68. The number of rotatable bonds is 3. The first kappa shape index (κ1) is 25.9. The number of carbonyl (C=O) groups is 1. The smallest absolute Gasteiger partial charge is 0.302 e. The highest BCUT2D eigenvalue weighted by atomic mass is 28.3. The van der Waals surface area contributed by atoms with Crippen molar-refractivity contribution in [1.29, 1.82) is 0 Å². The number of fused-ring (bicyclic) bond motifs is 6. The maximum atomic E-state index is 11.9. The summed E-state index contributed by atoms with van der Waals surface area (Å²) in [5, 5.41) is 0.